The maximum absolute atomic E-state index is 13.6. The molecule has 1 aliphatic carbocycles. The Bertz CT molecular complexity index is 474. The van der Waals surface area contributed by atoms with Gasteiger partial charge in [-0.05, 0) is 49.1 Å². The summed E-state index contributed by atoms with van der Waals surface area (Å²) < 4.78 is 50.2. The van der Waals surface area contributed by atoms with E-state index in [-0.39, 0.29) is 17.9 Å². The van der Waals surface area contributed by atoms with E-state index in [0.29, 0.717) is 5.92 Å². The summed E-state index contributed by atoms with van der Waals surface area (Å²) in [6, 6.07) is 4.75. The van der Waals surface area contributed by atoms with Crippen molar-refractivity contribution in [2.45, 2.75) is 51.1 Å². The molecule has 0 saturated heterocycles. The third-order valence-corrected chi connectivity index (χ3v) is 4.19. The van der Waals surface area contributed by atoms with E-state index in [1.807, 2.05) is 6.08 Å². The second-order valence-electron chi connectivity index (χ2n) is 5.65. The van der Waals surface area contributed by atoms with Crippen LogP contribution in [0.5, 0.6) is 0 Å². The van der Waals surface area contributed by atoms with Crippen LogP contribution in [0.2, 0.25) is 0 Å². The third-order valence-electron chi connectivity index (χ3n) is 4.19. The van der Waals surface area contributed by atoms with Crippen molar-refractivity contribution in [2.24, 2.45) is 5.92 Å². The highest BCUT2D eigenvalue weighted by Crippen LogP contribution is 2.36. The van der Waals surface area contributed by atoms with Crippen LogP contribution in [0.3, 0.4) is 0 Å². The summed E-state index contributed by atoms with van der Waals surface area (Å²) in [5.74, 6) is 0.150. The standard InChI is InChI=1S/C17H20F4/c18-11-15-9-8-14(10-16(15)19)13-6-4-12(5-7-13)2-1-3-17(20)21/h1-2,8-10,12-13,17H,3-7,11H2. The zero-order valence-corrected chi connectivity index (χ0v) is 11.9. The topological polar surface area (TPSA) is 0 Å². The molecular weight excluding hydrogens is 280 g/mol. The Kier molecular flexibility index (Phi) is 5.83. The van der Waals surface area contributed by atoms with Gasteiger partial charge in [0.05, 0.1) is 0 Å². The van der Waals surface area contributed by atoms with Crippen molar-refractivity contribution < 1.29 is 17.6 Å². The van der Waals surface area contributed by atoms with Crippen molar-refractivity contribution >= 4 is 0 Å². The Morgan fingerprint density at radius 3 is 2.43 bits per heavy atom. The van der Waals surface area contributed by atoms with Gasteiger partial charge in [0.1, 0.15) is 12.5 Å². The van der Waals surface area contributed by atoms with Gasteiger partial charge < -0.3 is 0 Å². The smallest absolute Gasteiger partial charge is 0.242 e. The van der Waals surface area contributed by atoms with Gasteiger partial charge in [0.25, 0.3) is 0 Å². The van der Waals surface area contributed by atoms with Gasteiger partial charge in [0.15, 0.2) is 0 Å². The average molecular weight is 300 g/mol. The Morgan fingerprint density at radius 1 is 1.14 bits per heavy atom. The summed E-state index contributed by atoms with van der Waals surface area (Å²) in [4.78, 5) is 0. The van der Waals surface area contributed by atoms with E-state index in [2.05, 4.69) is 0 Å². The maximum atomic E-state index is 13.6. The number of rotatable bonds is 5. The Morgan fingerprint density at radius 2 is 1.86 bits per heavy atom. The average Bonchev–Trinajstić information content (AvgIpc) is 2.47. The van der Waals surface area contributed by atoms with Crippen molar-refractivity contribution in [1.82, 2.24) is 0 Å². The summed E-state index contributed by atoms with van der Waals surface area (Å²) in [5.41, 5.74) is 1.02. The van der Waals surface area contributed by atoms with Gasteiger partial charge in [-0.2, -0.15) is 0 Å². The van der Waals surface area contributed by atoms with Crippen LogP contribution in [0.25, 0.3) is 0 Å². The number of benzene rings is 1. The van der Waals surface area contributed by atoms with Gasteiger partial charge >= 0.3 is 0 Å². The van der Waals surface area contributed by atoms with E-state index in [0.717, 1.165) is 31.2 Å². The fourth-order valence-electron chi connectivity index (χ4n) is 2.94. The molecule has 1 aliphatic rings. The highest BCUT2D eigenvalue weighted by molar-refractivity contribution is 5.27. The van der Waals surface area contributed by atoms with Crippen molar-refractivity contribution in [3.05, 3.63) is 47.3 Å². The molecule has 0 unspecified atom stereocenters. The fourth-order valence-corrected chi connectivity index (χ4v) is 2.94. The van der Waals surface area contributed by atoms with Crippen molar-refractivity contribution in [2.75, 3.05) is 0 Å². The van der Waals surface area contributed by atoms with Crippen LogP contribution < -0.4 is 0 Å². The normalized spacial score (nSPS) is 23.1. The molecule has 116 valence electrons. The number of alkyl halides is 3. The van der Waals surface area contributed by atoms with E-state index in [1.54, 1.807) is 12.1 Å². The first-order chi connectivity index (χ1) is 10.1. The molecule has 1 aromatic rings. The zero-order valence-electron chi connectivity index (χ0n) is 11.9. The fraction of sp³-hybridized carbons (Fsp3) is 0.529. The molecule has 1 saturated carbocycles. The first-order valence-electron chi connectivity index (χ1n) is 7.39. The van der Waals surface area contributed by atoms with Crippen LogP contribution in [-0.2, 0) is 6.67 Å². The van der Waals surface area contributed by atoms with Crippen LogP contribution >= 0.6 is 0 Å². The largest absolute Gasteiger partial charge is 0.246 e. The van der Waals surface area contributed by atoms with Gasteiger partial charge in [0.2, 0.25) is 6.43 Å². The molecule has 0 heterocycles. The quantitative estimate of drug-likeness (QED) is 0.477. The summed E-state index contributed by atoms with van der Waals surface area (Å²) in [5, 5.41) is 0. The second kappa shape index (κ2) is 7.62. The van der Waals surface area contributed by atoms with Gasteiger partial charge in [-0.3, -0.25) is 0 Å². The van der Waals surface area contributed by atoms with Gasteiger partial charge in [-0.1, -0.05) is 24.3 Å². The van der Waals surface area contributed by atoms with Gasteiger partial charge in [-0.15, -0.1) is 0 Å². The monoisotopic (exact) mass is 300 g/mol. The zero-order chi connectivity index (χ0) is 15.2. The number of hydrogen-bond donors (Lipinski definition) is 0. The number of allylic oxidation sites excluding steroid dienone is 2. The van der Waals surface area contributed by atoms with Crippen LogP contribution in [-0.4, -0.2) is 6.43 Å². The molecule has 2 rings (SSSR count). The maximum Gasteiger partial charge on any atom is 0.242 e. The predicted molar refractivity (Wildman–Crippen MR) is 75.7 cm³/mol. The Hall–Kier alpha value is -1.32. The Balaban J connectivity index is 1.89. The molecule has 0 amide bonds. The number of halogens is 4. The minimum atomic E-state index is -2.28. The van der Waals surface area contributed by atoms with Crippen LogP contribution in [0, 0.1) is 11.7 Å². The molecule has 4 heteroatoms. The minimum Gasteiger partial charge on any atom is -0.246 e. The molecule has 0 bridgehead atoms. The SMILES string of the molecule is FCc1ccc(C2CCC(C=CCC(F)F)CC2)cc1F. The lowest BCUT2D eigenvalue weighted by Gasteiger charge is -2.27. The van der Waals surface area contributed by atoms with Crippen LogP contribution in [0.1, 0.15) is 49.1 Å². The van der Waals surface area contributed by atoms with Crippen LogP contribution in [0.4, 0.5) is 17.6 Å². The lowest BCUT2D eigenvalue weighted by Crippen LogP contribution is -2.12. The first kappa shape index (κ1) is 16.1. The molecule has 0 atom stereocenters. The minimum absolute atomic E-state index is 0.0994. The van der Waals surface area contributed by atoms with Gasteiger partial charge in [0, 0.05) is 12.0 Å². The molecule has 1 fully saturated rings. The lowest BCUT2D eigenvalue weighted by molar-refractivity contribution is 0.152. The highest BCUT2D eigenvalue weighted by Gasteiger charge is 2.21. The van der Waals surface area contributed by atoms with Crippen molar-refractivity contribution in [3.63, 3.8) is 0 Å². The van der Waals surface area contributed by atoms with Crippen molar-refractivity contribution in [3.8, 4) is 0 Å². The summed E-state index contributed by atoms with van der Waals surface area (Å²) in [7, 11) is 0. The molecule has 1 aromatic carbocycles. The van der Waals surface area contributed by atoms with Crippen LogP contribution in [0.15, 0.2) is 30.4 Å². The molecule has 0 N–H and O–H groups in total. The predicted octanol–water partition coefficient (Wildman–Crippen LogP) is 5.78. The molecule has 0 aromatic heterocycles. The summed E-state index contributed by atoms with van der Waals surface area (Å²) in [6.45, 7) is -0.784. The van der Waals surface area contributed by atoms with E-state index >= 15 is 0 Å². The molecule has 0 spiro atoms. The van der Waals surface area contributed by atoms with Crippen molar-refractivity contribution in [1.29, 1.82) is 0 Å². The Labute approximate surface area is 122 Å². The van der Waals surface area contributed by atoms with E-state index in [1.165, 1.54) is 12.1 Å². The summed E-state index contributed by atoms with van der Waals surface area (Å²) in [6.07, 6.45) is 4.66. The molecule has 0 nitrogen and oxygen atoms in total. The molecule has 0 aliphatic heterocycles. The summed E-state index contributed by atoms with van der Waals surface area (Å²) >= 11 is 0. The van der Waals surface area contributed by atoms with E-state index in [9.17, 15) is 17.6 Å². The molecule has 0 radical (unpaired) electrons. The van der Waals surface area contributed by atoms with E-state index < -0.39 is 18.9 Å². The van der Waals surface area contributed by atoms with Gasteiger partial charge in [-0.25, -0.2) is 17.6 Å². The lowest BCUT2D eigenvalue weighted by atomic mass is 9.78. The molecular formula is C17H20F4. The number of hydrogen-bond acceptors (Lipinski definition) is 0. The second-order valence-corrected chi connectivity index (χ2v) is 5.65. The van der Waals surface area contributed by atoms with E-state index in [4.69, 9.17) is 0 Å². The third kappa shape index (κ3) is 4.58. The first-order valence-corrected chi connectivity index (χ1v) is 7.39. The molecule has 21 heavy (non-hydrogen) atoms. The highest BCUT2D eigenvalue weighted by atomic mass is 19.3.